The minimum Gasteiger partial charge on any atom is -0.497 e. The number of hydrogen-bond acceptors (Lipinski definition) is 6. The van der Waals surface area contributed by atoms with Gasteiger partial charge < -0.3 is 24.2 Å². The number of ether oxygens (including phenoxy) is 2. The van der Waals surface area contributed by atoms with Gasteiger partial charge in [-0.1, -0.05) is 30.3 Å². The number of para-hydroxylation sites is 3. The first-order valence-corrected chi connectivity index (χ1v) is 12.3. The largest absolute Gasteiger partial charge is 0.497 e. The highest BCUT2D eigenvalue weighted by Crippen LogP contribution is 2.31. The summed E-state index contributed by atoms with van der Waals surface area (Å²) in [4.78, 5) is 26.1. The molecule has 6 aromatic rings. The van der Waals surface area contributed by atoms with E-state index in [-0.39, 0.29) is 17.0 Å². The number of aromatic nitrogens is 2. The molecule has 0 aliphatic rings. The van der Waals surface area contributed by atoms with E-state index >= 15 is 0 Å². The molecular formula is C31H24N4O4. The SMILES string of the molecule is COc1ccc(N=c2oc3ccccc3cc2C(=O)Nc2ccc(-c3nc4ccccc4[nH]3)cc2)c(OC)c1. The van der Waals surface area contributed by atoms with Gasteiger partial charge in [-0.3, -0.25) is 4.79 Å². The molecule has 39 heavy (non-hydrogen) atoms. The summed E-state index contributed by atoms with van der Waals surface area (Å²) in [6.45, 7) is 0. The number of anilines is 1. The number of nitrogens with one attached hydrogen (secondary N) is 2. The smallest absolute Gasteiger partial charge is 0.261 e. The maximum atomic E-state index is 13.5. The number of methoxy groups -OCH3 is 2. The molecule has 2 N–H and O–H groups in total. The first-order valence-electron chi connectivity index (χ1n) is 12.3. The summed E-state index contributed by atoms with van der Waals surface area (Å²) in [5, 5.41) is 3.74. The van der Waals surface area contributed by atoms with Crippen molar-refractivity contribution in [2.45, 2.75) is 0 Å². The van der Waals surface area contributed by atoms with E-state index in [9.17, 15) is 4.79 Å². The molecule has 8 nitrogen and oxygen atoms in total. The normalized spacial score (nSPS) is 11.6. The van der Waals surface area contributed by atoms with Gasteiger partial charge in [0.25, 0.3) is 5.91 Å². The molecule has 8 heteroatoms. The Kier molecular flexibility index (Phi) is 6.26. The van der Waals surface area contributed by atoms with Gasteiger partial charge in [0.15, 0.2) is 0 Å². The highest BCUT2D eigenvalue weighted by atomic mass is 16.5. The number of benzene rings is 4. The maximum Gasteiger partial charge on any atom is 0.261 e. The van der Waals surface area contributed by atoms with Gasteiger partial charge in [0, 0.05) is 22.7 Å². The average Bonchev–Trinajstić information content (AvgIpc) is 3.42. The van der Waals surface area contributed by atoms with Gasteiger partial charge in [0.05, 0.1) is 25.3 Å². The van der Waals surface area contributed by atoms with Crippen LogP contribution in [0.1, 0.15) is 10.4 Å². The number of rotatable bonds is 6. The lowest BCUT2D eigenvalue weighted by atomic mass is 10.1. The molecule has 1 amide bonds. The number of amides is 1. The molecular weight excluding hydrogens is 492 g/mol. The van der Waals surface area contributed by atoms with Crippen LogP contribution in [-0.4, -0.2) is 30.1 Å². The monoisotopic (exact) mass is 516 g/mol. The number of carbonyl (C=O) groups is 1. The number of hydrogen-bond donors (Lipinski definition) is 2. The van der Waals surface area contributed by atoms with Gasteiger partial charge >= 0.3 is 0 Å². The minimum atomic E-state index is -0.354. The molecule has 0 fully saturated rings. The van der Waals surface area contributed by atoms with Crippen LogP contribution in [-0.2, 0) is 0 Å². The van der Waals surface area contributed by atoms with E-state index in [1.807, 2.05) is 72.8 Å². The Hall–Kier alpha value is -5.37. The van der Waals surface area contributed by atoms with Crippen LogP contribution in [0.5, 0.6) is 11.5 Å². The molecule has 4 aromatic carbocycles. The van der Waals surface area contributed by atoms with Crippen LogP contribution in [0.4, 0.5) is 11.4 Å². The molecule has 0 saturated carbocycles. The second kappa shape index (κ2) is 10.2. The van der Waals surface area contributed by atoms with Crippen molar-refractivity contribution in [3.63, 3.8) is 0 Å². The second-order valence-electron chi connectivity index (χ2n) is 8.79. The van der Waals surface area contributed by atoms with E-state index in [0.29, 0.717) is 28.5 Å². The zero-order valence-corrected chi connectivity index (χ0v) is 21.3. The molecule has 0 saturated heterocycles. The molecule has 6 rings (SSSR count). The van der Waals surface area contributed by atoms with Gasteiger partial charge in [-0.25, -0.2) is 9.98 Å². The van der Waals surface area contributed by atoms with E-state index in [1.165, 1.54) is 0 Å². The molecule has 0 aliphatic carbocycles. The van der Waals surface area contributed by atoms with Crippen molar-refractivity contribution in [2.24, 2.45) is 4.99 Å². The Labute approximate surface area is 223 Å². The highest BCUT2D eigenvalue weighted by molar-refractivity contribution is 6.05. The van der Waals surface area contributed by atoms with Crippen LogP contribution in [0.15, 0.2) is 106 Å². The fourth-order valence-corrected chi connectivity index (χ4v) is 4.30. The predicted molar refractivity (Wildman–Crippen MR) is 150 cm³/mol. The van der Waals surface area contributed by atoms with Crippen molar-refractivity contribution in [1.82, 2.24) is 9.97 Å². The standard InChI is InChI=1S/C31H24N4O4/c1-37-22-15-16-26(28(18-22)38-2)35-31-23(17-20-7-3-6-10-27(20)39-31)30(36)32-21-13-11-19(12-14-21)29-33-24-8-4-5-9-25(24)34-29/h3-18H,1-2H3,(H,32,36)(H,33,34). The van der Waals surface area contributed by atoms with Gasteiger partial charge in [-0.2, -0.15) is 0 Å². The van der Waals surface area contributed by atoms with Gasteiger partial charge in [0.2, 0.25) is 5.55 Å². The molecule has 0 radical (unpaired) electrons. The van der Waals surface area contributed by atoms with Crippen LogP contribution in [0, 0.1) is 0 Å². The van der Waals surface area contributed by atoms with E-state index in [4.69, 9.17) is 13.9 Å². The van der Waals surface area contributed by atoms with E-state index in [1.54, 1.807) is 38.5 Å². The molecule has 0 spiro atoms. The van der Waals surface area contributed by atoms with Gasteiger partial charge in [-0.15, -0.1) is 0 Å². The minimum absolute atomic E-state index is 0.161. The van der Waals surface area contributed by atoms with Gasteiger partial charge in [0.1, 0.15) is 34.2 Å². The Morgan fingerprint density at radius 2 is 1.69 bits per heavy atom. The van der Waals surface area contributed by atoms with E-state index in [2.05, 4.69) is 20.3 Å². The van der Waals surface area contributed by atoms with E-state index in [0.717, 1.165) is 27.8 Å². The number of aromatic amines is 1. The molecule has 2 aromatic heterocycles. The lowest BCUT2D eigenvalue weighted by Gasteiger charge is -2.09. The average molecular weight is 517 g/mol. The molecule has 2 heterocycles. The molecule has 0 bridgehead atoms. The Morgan fingerprint density at radius 3 is 2.49 bits per heavy atom. The fourth-order valence-electron chi connectivity index (χ4n) is 4.30. The zero-order valence-electron chi connectivity index (χ0n) is 21.3. The van der Waals surface area contributed by atoms with Crippen LogP contribution in [0.25, 0.3) is 33.4 Å². The van der Waals surface area contributed by atoms with Crippen LogP contribution < -0.4 is 20.3 Å². The summed E-state index contributed by atoms with van der Waals surface area (Å²) in [5.41, 5.74) is 4.95. The lowest BCUT2D eigenvalue weighted by Crippen LogP contribution is -2.21. The number of H-pyrrole nitrogens is 1. The molecule has 0 atom stereocenters. The highest BCUT2D eigenvalue weighted by Gasteiger charge is 2.15. The first kappa shape index (κ1) is 24.0. The zero-order chi connectivity index (χ0) is 26.8. The van der Waals surface area contributed by atoms with Crippen molar-refractivity contribution in [3.8, 4) is 22.9 Å². The lowest BCUT2D eigenvalue weighted by molar-refractivity contribution is 0.102. The third-order valence-corrected chi connectivity index (χ3v) is 6.31. The number of fused-ring (bicyclic) bond motifs is 2. The third-order valence-electron chi connectivity index (χ3n) is 6.31. The number of imidazole rings is 1. The van der Waals surface area contributed by atoms with Crippen molar-refractivity contribution >= 4 is 39.3 Å². The Balaban J connectivity index is 1.35. The summed E-state index contributed by atoms with van der Waals surface area (Å²) >= 11 is 0. The van der Waals surface area contributed by atoms with Crippen molar-refractivity contribution in [1.29, 1.82) is 0 Å². The second-order valence-corrected chi connectivity index (χ2v) is 8.79. The molecule has 0 aliphatic heterocycles. The summed E-state index contributed by atoms with van der Waals surface area (Å²) in [7, 11) is 3.13. The predicted octanol–water partition coefficient (Wildman–Crippen LogP) is 6.48. The third kappa shape index (κ3) is 4.83. The number of nitrogens with zero attached hydrogens (tertiary/aromatic N) is 2. The fraction of sp³-hybridized carbons (Fsp3) is 0.0645. The summed E-state index contributed by atoms with van der Waals surface area (Å²) in [5.74, 6) is 1.53. The van der Waals surface area contributed by atoms with Crippen molar-refractivity contribution in [2.75, 3.05) is 19.5 Å². The van der Waals surface area contributed by atoms with Gasteiger partial charge in [-0.05, 0) is 60.7 Å². The molecule has 192 valence electrons. The van der Waals surface area contributed by atoms with Crippen LogP contribution in [0.2, 0.25) is 0 Å². The van der Waals surface area contributed by atoms with Crippen molar-refractivity contribution in [3.05, 3.63) is 108 Å². The van der Waals surface area contributed by atoms with E-state index < -0.39 is 0 Å². The van der Waals surface area contributed by atoms with Crippen LogP contribution >= 0.6 is 0 Å². The first-order chi connectivity index (χ1) is 19.1. The van der Waals surface area contributed by atoms with Crippen molar-refractivity contribution < 1.29 is 18.7 Å². The number of carbonyl (C=O) groups excluding carboxylic acids is 1. The maximum absolute atomic E-state index is 13.5. The molecule has 0 unspecified atom stereocenters. The topological polar surface area (TPSA) is 102 Å². The Morgan fingerprint density at radius 1 is 0.897 bits per heavy atom. The van der Waals surface area contributed by atoms with Crippen LogP contribution in [0.3, 0.4) is 0 Å². The quantitative estimate of drug-likeness (QED) is 0.264. The Bertz CT molecular complexity index is 1850. The summed E-state index contributed by atoms with van der Waals surface area (Å²) in [6, 6.07) is 29.8. The summed E-state index contributed by atoms with van der Waals surface area (Å²) < 4.78 is 16.9. The summed E-state index contributed by atoms with van der Waals surface area (Å²) in [6.07, 6.45) is 0.